The quantitative estimate of drug-likeness (QED) is 0.469. The van der Waals surface area contributed by atoms with E-state index in [9.17, 15) is 14.4 Å². The zero-order chi connectivity index (χ0) is 22.4. The Kier molecular flexibility index (Phi) is 7.57. The van der Waals surface area contributed by atoms with E-state index in [0.717, 1.165) is 16.9 Å². The van der Waals surface area contributed by atoms with Gasteiger partial charge in [0.25, 0.3) is 0 Å². The van der Waals surface area contributed by atoms with Gasteiger partial charge in [-0.3, -0.25) is 14.6 Å². The van der Waals surface area contributed by atoms with Crippen LogP contribution >= 0.6 is 11.8 Å². The molecule has 0 saturated carbocycles. The minimum atomic E-state index is -0.650. The standard InChI is InChI=1S/C23H27N3O4S/c1-14-6-4-5-7-17(14)15(2)12-21(27)25-18(10-11-31-3)22(28)24-16-8-9-20-19(13-16)26-23(29)30-20/h4-9,13,15,18H,10-12H2,1-3H3,(H,24,28)(H,25,27)(H,26,29). The van der Waals surface area contributed by atoms with Gasteiger partial charge < -0.3 is 15.1 Å². The highest BCUT2D eigenvalue weighted by molar-refractivity contribution is 7.98. The Morgan fingerprint density at radius 1 is 1.19 bits per heavy atom. The van der Waals surface area contributed by atoms with Crippen LogP contribution in [0.1, 0.15) is 36.8 Å². The van der Waals surface area contributed by atoms with Crippen molar-refractivity contribution in [1.29, 1.82) is 0 Å². The van der Waals surface area contributed by atoms with Crippen LogP contribution < -0.4 is 16.4 Å². The van der Waals surface area contributed by atoms with Gasteiger partial charge in [-0.1, -0.05) is 31.2 Å². The summed E-state index contributed by atoms with van der Waals surface area (Å²) < 4.78 is 4.98. The number of carbonyl (C=O) groups excluding carboxylic acids is 2. The first kappa shape index (κ1) is 22.7. The fraction of sp³-hybridized carbons (Fsp3) is 0.348. The van der Waals surface area contributed by atoms with Crippen molar-refractivity contribution in [1.82, 2.24) is 10.3 Å². The minimum absolute atomic E-state index is 0.0470. The maximum Gasteiger partial charge on any atom is 0.417 e. The number of fused-ring (bicyclic) bond motifs is 1. The van der Waals surface area contributed by atoms with Gasteiger partial charge in [0.15, 0.2) is 5.58 Å². The number of oxazole rings is 1. The third-order valence-electron chi connectivity index (χ3n) is 5.16. The highest BCUT2D eigenvalue weighted by Crippen LogP contribution is 2.22. The van der Waals surface area contributed by atoms with E-state index in [4.69, 9.17) is 4.42 Å². The molecular weight excluding hydrogens is 414 g/mol. The highest BCUT2D eigenvalue weighted by Gasteiger charge is 2.22. The number of aromatic amines is 1. The first-order valence-corrected chi connectivity index (χ1v) is 11.5. The van der Waals surface area contributed by atoms with E-state index in [1.165, 1.54) is 0 Å². The van der Waals surface area contributed by atoms with Crippen LogP contribution in [0.4, 0.5) is 5.69 Å². The first-order chi connectivity index (χ1) is 14.9. The van der Waals surface area contributed by atoms with Crippen molar-refractivity contribution in [3.63, 3.8) is 0 Å². The Morgan fingerprint density at radius 2 is 1.97 bits per heavy atom. The molecule has 3 rings (SSSR count). The van der Waals surface area contributed by atoms with Crippen LogP contribution in [0.3, 0.4) is 0 Å². The second-order valence-corrected chi connectivity index (χ2v) is 8.56. The van der Waals surface area contributed by atoms with Crippen LogP contribution in [0.15, 0.2) is 51.7 Å². The lowest BCUT2D eigenvalue weighted by molar-refractivity contribution is -0.126. The molecule has 1 aromatic heterocycles. The second kappa shape index (κ2) is 10.3. The number of thioether (sulfide) groups is 1. The molecule has 31 heavy (non-hydrogen) atoms. The number of aromatic nitrogens is 1. The van der Waals surface area contributed by atoms with Crippen molar-refractivity contribution in [2.24, 2.45) is 0 Å². The molecule has 0 saturated heterocycles. The van der Waals surface area contributed by atoms with Crippen molar-refractivity contribution < 1.29 is 14.0 Å². The average Bonchev–Trinajstić information content (AvgIpc) is 3.10. The number of rotatable bonds is 9. The summed E-state index contributed by atoms with van der Waals surface area (Å²) >= 11 is 1.61. The summed E-state index contributed by atoms with van der Waals surface area (Å²) in [5, 5.41) is 5.72. The molecule has 2 aromatic carbocycles. The Bertz CT molecular complexity index is 1120. The lowest BCUT2D eigenvalue weighted by atomic mass is 9.93. The van der Waals surface area contributed by atoms with Crippen molar-refractivity contribution in [2.45, 2.75) is 38.6 Å². The molecule has 0 aliphatic heterocycles. The number of hydrogen-bond acceptors (Lipinski definition) is 5. The second-order valence-electron chi connectivity index (χ2n) is 7.58. The summed E-state index contributed by atoms with van der Waals surface area (Å²) in [5.41, 5.74) is 3.71. The van der Waals surface area contributed by atoms with Gasteiger partial charge in [0.05, 0.1) is 5.52 Å². The van der Waals surface area contributed by atoms with Gasteiger partial charge in [-0.2, -0.15) is 11.8 Å². The lowest BCUT2D eigenvalue weighted by Crippen LogP contribution is -2.44. The third kappa shape index (κ3) is 6.01. The predicted molar refractivity (Wildman–Crippen MR) is 125 cm³/mol. The highest BCUT2D eigenvalue weighted by atomic mass is 32.2. The summed E-state index contributed by atoms with van der Waals surface area (Å²) in [6.07, 6.45) is 2.78. The van der Waals surface area contributed by atoms with Gasteiger partial charge in [-0.05, 0) is 60.6 Å². The van der Waals surface area contributed by atoms with Crippen molar-refractivity contribution >= 4 is 40.4 Å². The Morgan fingerprint density at radius 3 is 2.71 bits per heavy atom. The Hall–Kier alpha value is -3.00. The van der Waals surface area contributed by atoms with Gasteiger partial charge >= 0.3 is 5.76 Å². The van der Waals surface area contributed by atoms with Gasteiger partial charge in [0, 0.05) is 12.1 Å². The molecule has 0 aliphatic carbocycles. The molecule has 3 N–H and O–H groups in total. The van der Waals surface area contributed by atoms with E-state index in [1.54, 1.807) is 30.0 Å². The SMILES string of the molecule is CSCCC(NC(=O)CC(C)c1ccccc1C)C(=O)Nc1ccc2oc(=O)[nH]c2c1. The number of aryl methyl sites for hydroxylation is 1. The molecule has 0 radical (unpaired) electrons. The largest absolute Gasteiger partial charge is 0.417 e. The Labute approximate surface area is 185 Å². The fourth-order valence-corrected chi connectivity index (χ4v) is 4.02. The van der Waals surface area contributed by atoms with Crippen LogP contribution in [-0.4, -0.2) is 34.8 Å². The number of hydrogen-bond donors (Lipinski definition) is 3. The number of anilines is 1. The average molecular weight is 442 g/mol. The number of benzene rings is 2. The topological polar surface area (TPSA) is 104 Å². The molecule has 164 valence electrons. The number of carbonyl (C=O) groups is 2. The first-order valence-electron chi connectivity index (χ1n) is 10.1. The van der Waals surface area contributed by atoms with Crippen LogP contribution in [0.25, 0.3) is 11.1 Å². The minimum Gasteiger partial charge on any atom is -0.408 e. The maximum absolute atomic E-state index is 12.9. The van der Waals surface area contributed by atoms with E-state index < -0.39 is 11.8 Å². The molecule has 2 atom stereocenters. The van der Waals surface area contributed by atoms with Crippen molar-refractivity contribution in [3.8, 4) is 0 Å². The van der Waals surface area contributed by atoms with Gasteiger partial charge in [-0.15, -0.1) is 0 Å². The summed E-state index contributed by atoms with van der Waals surface area (Å²) in [6.45, 7) is 4.04. The van der Waals surface area contributed by atoms with Crippen LogP contribution in [0.5, 0.6) is 0 Å². The molecule has 1 heterocycles. The van der Waals surface area contributed by atoms with Crippen molar-refractivity contribution in [2.75, 3.05) is 17.3 Å². The monoisotopic (exact) mass is 441 g/mol. The smallest absolute Gasteiger partial charge is 0.408 e. The molecule has 2 unspecified atom stereocenters. The Balaban J connectivity index is 1.66. The summed E-state index contributed by atoms with van der Waals surface area (Å²) in [6, 6.07) is 12.3. The predicted octanol–water partition coefficient (Wildman–Crippen LogP) is 3.80. The summed E-state index contributed by atoms with van der Waals surface area (Å²) in [7, 11) is 0. The molecule has 0 bridgehead atoms. The third-order valence-corrected chi connectivity index (χ3v) is 5.80. The molecule has 0 spiro atoms. The molecule has 2 amide bonds. The van der Waals surface area contributed by atoms with Crippen LogP contribution in [-0.2, 0) is 9.59 Å². The van der Waals surface area contributed by atoms with Crippen molar-refractivity contribution in [3.05, 3.63) is 64.1 Å². The number of H-pyrrole nitrogens is 1. The molecule has 0 fully saturated rings. The van der Waals surface area contributed by atoms with Crippen LogP contribution in [0.2, 0.25) is 0 Å². The molecule has 0 aliphatic rings. The van der Waals surface area contributed by atoms with Gasteiger partial charge in [0.2, 0.25) is 11.8 Å². The molecule has 7 nitrogen and oxygen atoms in total. The molecule has 3 aromatic rings. The molecular formula is C23H27N3O4S. The van der Waals surface area contributed by atoms with Gasteiger partial charge in [0.1, 0.15) is 6.04 Å². The fourth-order valence-electron chi connectivity index (χ4n) is 3.54. The normalized spacial score (nSPS) is 13.0. The van der Waals surface area contributed by atoms with E-state index in [2.05, 4.69) is 15.6 Å². The number of nitrogens with one attached hydrogen (secondary N) is 3. The zero-order valence-corrected chi connectivity index (χ0v) is 18.7. The zero-order valence-electron chi connectivity index (χ0n) is 17.9. The molecule has 8 heteroatoms. The summed E-state index contributed by atoms with van der Waals surface area (Å²) in [5.74, 6) is -0.223. The maximum atomic E-state index is 12.9. The van der Waals surface area contributed by atoms with E-state index in [0.29, 0.717) is 29.6 Å². The van der Waals surface area contributed by atoms with E-state index >= 15 is 0 Å². The number of amides is 2. The lowest BCUT2D eigenvalue weighted by Gasteiger charge is -2.20. The van der Waals surface area contributed by atoms with Gasteiger partial charge in [-0.25, -0.2) is 4.79 Å². The summed E-state index contributed by atoms with van der Waals surface area (Å²) in [4.78, 5) is 39.5. The van der Waals surface area contributed by atoms with Crippen LogP contribution in [0, 0.1) is 6.92 Å². The van der Waals surface area contributed by atoms with E-state index in [-0.39, 0.29) is 17.7 Å². The van der Waals surface area contributed by atoms with E-state index in [1.807, 2.05) is 44.4 Å².